The zero-order valence-corrected chi connectivity index (χ0v) is 80.5. The van der Waals surface area contributed by atoms with Crippen LogP contribution in [-0.4, -0.2) is 105 Å². The van der Waals surface area contributed by atoms with Crippen LogP contribution in [0.4, 0.5) is 28.4 Å². The Bertz CT molecular complexity index is 7190. The number of hydrogen-bond acceptors (Lipinski definition) is 22. The molecule has 0 unspecified atom stereocenters. The van der Waals surface area contributed by atoms with Gasteiger partial charge in [-0.2, -0.15) is 10.5 Å². The van der Waals surface area contributed by atoms with Gasteiger partial charge >= 0.3 is 66.2 Å². The topological polar surface area (TPSA) is 586 Å². The number of aromatic amines is 3. The first-order chi connectivity index (χ1) is 64.4. The Balaban J connectivity index is 0.000000425. The first kappa shape index (κ1) is 114. The number of hydrogen-bond donors (Lipinski definition) is 17. The van der Waals surface area contributed by atoms with Gasteiger partial charge in [0.1, 0.15) is 41.7 Å². The van der Waals surface area contributed by atoms with Crippen LogP contribution < -0.4 is 110 Å². The number of carbonyl (C=O) groups is 3. The van der Waals surface area contributed by atoms with Crippen LogP contribution in [0.3, 0.4) is 0 Å². The van der Waals surface area contributed by atoms with Crippen molar-refractivity contribution in [2.24, 2.45) is 39.1 Å². The number of H-pyrrole nitrogens is 3. The summed E-state index contributed by atoms with van der Waals surface area (Å²) in [6, 6.07) is 100.0. The maximum atomic E-state index is 10.5. The zero-order chi connectivity index (χ0) is 95.9. The Morgan fingerprint density at radius 3 is 1.03 bits per heavy atom. The minimum absolute atomic E-state index is 0. The van der Waals surface area contributed by atoms with Crippen molar-refractivity contribution in [1.82, 2.24) is 29.9 Å². The third-order valence-corrected chi connectivity index (χ3v) is 19.7. The second-order valence-electron chi connectivity index (χ2n) is 27.7. The predicted octanol–water partition coefficient (Wildman–Crippen LogP) is 11.5. The van der Waals surface area contributed by atoms with Crippen molar-refractivity contribution in [2.45, 2.75) is 7.43 Å². The number of fused-ring (bicyclic) bond motifs is 3. The molecule has 32 nitrogen and oxygen atoms in total. The van der Waals surface area contributed by atoms with Gasteiger partial charge in [-0.25, -0.2) is 35.4 Å². The summed E-state index contributed by atoms with van der Waals surface area (Å²) in [5.74, 6) is 6.00. The summed E-state index contributed by atoms with van der Waals surface area (Å²) < 4.78 is 1.01. The number of amidine groups is 4. The summed E-state index contributed by atoms with van der Waals surface area (Å²) in [6.45, 7) is 20.3. The Labute approximate surface area is 862 Å². The summed E-state index contributed by atoms with van der Waals surface area (Å²) >= 11 is 3.27. The average molecular weight is 2010 g/mol. The fourth-order valence-electron chi connectivity index (χ4n) is 12.2. The van der Waals surface area contributed by atoms with E-state index in [9.17, 15) is 9.59 Å². The molecule has 0 aliphatic heterocycles. The molecule has 0 aliphatic carbocycles. The molecule has 138 heavy (non-hydrogen) atoms. The molecule has 0 bridgehead atoms. The normalized spacial score (nSPS) is 9.80. The van der Waals surface area contributed by atoms with Crippen LogP contribution in [-0.2, 0) is 30.1 Å². The molecule has 37 heteroatoms. The van der Waals surface area contributed by atoms with Gasteiger partial charge in [-0.1, -0.05) is 276 Å². The molecule has 0 radical (unpaired) electrons. The minimum atomic E-state index is -1.46. The molecule has 0 fully saturated rings. The van der Waals surface area contributed by atoms with Crippen LogP contribution in [0.5, 0.6) is 0 Å². The van der Waals surface area contributed by atoms with Gasteiger partial charge in [0, 0.05) is 75.0 Å². The third kappa shape index (κ3) is 32.9. The molecule has 0 saturated carbocycles. The molecule has 24 N–H and O–H groups in total. The Hall–Kier alpha value is -16.2. The van der Waals surface area contributed by atoms with E-state index in [2.05, 4.69) is 87.5 Å². The van der Waals surface area contributed by atoms with Gasteiger partial charge in [-0.15, -0.1) is 0 Å². The molecule has 0 spiro atoms. The molecule has 17 rings (SSSR count). The van der Waals surface area contributed by atoms with E-state index in [0.717, 1.165) is 123 Å². The van der Waals surface area contributed by atoms with Gasteiger partial charge in [-0.3, -0.25) is 25.2 Å². The van der Waals surface area contributed by atoms with E-state index < -0.39 is 7.12 Å². The fraction of sp³-hybridized carbons (Fsp3) is 0.00990. The summed E-state index contributed by atoms with van der Waals surface area (Å²) in [5, 5.41) is 88.3. The van der Waals surface area contributed by atoms with Gasteiger partial charge < -0.3 is 94.0 Å². The quantitative estimate of drug-likeness (QED) is 0.00522. The SMILES string of the molecule is C.N#Cc1ccc(N)c(N)c1.N/C(=N/O)c1ccc(-c2ccc(-c3nc4ccc(/C(N)=N\O)cc4[nH]3)cc2)cc1.N=C(N)c1ccc(-c2ccc(-c3nc4ccc(C(=N)N)cc4[nH]3)cc2)cc1.NO.O=CO[O-].O=Cc1ccc(B(O)O)cc1.[C-]#[N+]c1ccc(-c2ccc(-c3nc4ccc(C#N)cc4[nH]3)cc2)cc1.[C-]#[N+]c1ccc(-c2ccc(C=O)cc2)cc1.[C-]#[N+]c1ccc(Br)cc1.[CH3-].[H-].[Na+].[Na+].[Pd]. The van der Waals surface area contributed by atoms with Crippen LogP contribution in [0.25, 0.3) is 126 Å². The monoisotopic (exact) mass is 2010 g/mol. The number of aromatic nitrogens is 6. The van der Waals surface area contributed by atoms with E-state index in [4.69, 9.17) is 111 Å². The number of oxime groups is 2. The molecule has 0 aliphatic rings. The van der Waals surface area contributed by atoms with Crippen LogP contribution in [0, 0.1) is 60.6 Å². The second kappa shape index (κ2) is 58.1. The number of imidazole rings is 3. The number of halogens is 1. The van der Waals surface area contributed by atoms with Crippen molar-refractivity contribution in [3.63, 3.8) is 0 Å². The van der Waals surface area contributed by atoms with E-state index >= 15 is 0 Å². The van der Waals surface area contributed by atoms with E-state index in [0.29, 0.717) is 84.7 Å². The van der Waals surface area contributed by atoms with Crippen molar-refractivity contribution in [1.29, 1.82) is 21.3 Å². The summed E-state index contributed by atoms with van der Waals surface area (Å²) in [6.07, 6.45) is 1.53. The van der Waals surface area contributed by atoms with Gasteiger partial charge in [0.2, 0.25) is 0 Å². The molecular weight excluding hydrogens is 1920 g/mol. The molecule has 0 atom stereocenters. The molecular formula is C101H87BBrN22Na2O10Pd-. The average Bonchev–Trinajstić information content (AvgIpc) is 1.66. The van der Waals surface area contributed by atoms with E-state index in [-0.39, 0.29) is 126 Å². The van der Waals surface area contributed by atoms with Gasteiger partial charge in [0.15, 0.2) is 28.7 Å². The fourth-order valence-corrected chi connectivity index (χ4v) is 12.5. The maximum Gasteiger partial charge on any atom is 1.00 e. The van der Waals surface area contributed by atoms with Gasteiger partial charge in [-0.05, 0) is 123 Å². The minimum Gasteiger partial charge on any atom is -1.00 e. The molecule has 3 heterocycles. The Kier molecular flexibility index (Phi) is 48.1. The van der Waals surface area contributed by atoms with E-state index in [1.54, 1.807) is 97.1 Å². The largest absolute Gasteiger partial charge is 1.00 e. The summed E-state index contributed by atoms with van der Waals surface area (Å²) in [7, 11) is -1.46. The number of anilines is 2. The predicted molar refractivity (Wildman–Crippen MR) is 532 cm³/mol. The third-order valence-electron chi connectivity index (χ3n) is 19.2. The number of rotatable bonds is 15. The number of nitrogen functional groups attached to an aromatic ring is 4. The standard InChI is InChI=1S/C21H18N6O2.C21H18N6.C21H12N4.C14H9NO.C7H7BO3.C7H4BrN.C7H7N3.CH2O3.CH4.CH3.H3NO.2Na.Pd.H/c22-19(26-28)14-5-1-12(2-6-14)13-3-7-15(8-4-13)21-24-17-10-9-16(20(23)27-29)11-18(17)25-21;22-19(23)14-5-1-12(2-6-14)13-3-7-15(8-4-13)21-26-17-10-9-16(20(24)25)11-18(17)27-21;1-23-18-9-7-16(8-10-18)15-3-5-17(6-4-15)21-24-19-11-2-14(13-22)12-20(19)25-21;1-15-14-8-6-13(7-9-14)12-4-2-11(10-16)3-5-12;9-5-6-1-3-7(4-2-6)8(10)11;1-9-7-4-2-6(8)3-5-7;8-4-5-1-2-6(9)7(10)3-5;2-1-4-3;;;1-2;;;;/h1-11,28-29H,(H2,22,26)(H2,23,27)(H,24,25);1-11H,(H3,22,23)(H3,24,25)(H,26,27);2-12H,(H,24,25);2-10H;1-5,10-11H;2-5H;1-3H,9-10H2;1,3H;1H4;1H3;2H,1H2;;;;/q;;;;;;;;;-1;;2*+1;;-1/p-1. The van der Waals surface area contributed by atoms with Crippen LogP contribution in [0.15, 0.2) is 330 Å². The number of nitrogens with one attached hydrogen (secondary N) is 5. The second-order valence-corrected chi connectivity index (χ2v) is 28.6. The first-order valence-electron chi connectivity index (χ1n) is 39.1. The number of nitrogens with zero attached hydrogens (tertiary/aromatic N) is 10. The number of aldehydes is 2. The molecule has 0 saturated heterocycles. The number of nitrogens with two attached hydrogens (primary N) is 7. The van der Waals surface area contributed by atoms with Crippen LogP contribution in [0.1, 0.15) is 62.9 Å². The van der Waals surface area contributed by atoms with Crippen molar-refractivity contribution >= 4 is 132 Å². The number of benzene rings is 14. The Morgan fingerprint density at radius 2 is 0.703 bits per heavy atom. The van der Waals surface area contributed by atoms with Crippen LogP contribution >= 0.6 is 15.9 Å². The smallest absolute Gasteiger partial charge is 1.00 e. The molecule has 17 aromatic rings. The van der Waals surface area contributed by atoms with Crippen molar-refractivity contribution in [2.75, 3.05) is 11.5 Å². The molecule has 684 valence electrons. The summed E-state index contributed by atoms with van der Waals surface area (Å²) in [4.78, 5) is 65.5. The zero-order valence-electron chi connectivity index (χ0n) is 74.3. The first-order valence-corrected chi connectivity index (χ1v) is 39.9. The van der Waals surface area contributed by atoms with Crippen molar-refractivity contribution < 1.29 is 131 Å². The number of carbonyl (C=O) groups excluding carboxylic acids is 3. The Morgan fingerprint density at radius 1 is 0.428 bits per heavy atom. The van der Waals surface area contributed by atoms with Crippen molar-refractivity contribution in [3.8, 4) is 90.8 Å². The molecule has 0 amide bonds. The van der Waals surface area contributed by atoms with Gasteiger partial charge in [0.25, 0.3) is 6.47 Å². The van der Waals surface area contributed by atoms with Crippen LogP contribution in [0.2, 0.25) is 0 Å². The van der Waals surface area contributed by atoms with Gasteiger partial charge in [0.05, 0.1) is 87.5 Å². The van der Waals surface area contributed by atoms with Crippen molar-refractivity contribution in [3.05, 3.63) is 406 Å². The maximum absolute atomic E-state index is 10.5. The number of nitriles is 2. The van der Waals surface area contributed by atoms with E-state index in [1.165, 1.54) is 24.3 Å². The van der Waals surface area contributed by atoms with E-state index in [1.807, 2.05) is 200 Å². The molecule has 3 aromatic heterocycles. The summed E-state index contributed by atoms with van der Waals surface area (Å²) in [5.41, 5.74) is 57.7. The molecule has 14 aromatic carbocycles.